The number of fused-ring (bicyclic) bond motifs is 7. The maximum atomic E-state index is 13.4. The molecule has 2 aromatic rings. The molecule has 2 bridgehead atoms. The van der Waals surface area contributed by atoms with Crippen molar-refractivity contribution in [2.24, 2.45) is 35.5 Å². The number of aryl methyl sites for hydroxylation is 3. The van der Waals surface area contributed by atoms with E-state index in [0.717, 1.165) is 71.0 Å². The van der Waals surface area contributed by atoms with E-state index in [9.17, 15) is 9.59 Å². The number of imide groups is 1. The molecular formula is C37H45N3O2. The van der Waals surface area contributed by atoms with Gasteiger partial charge in [0.1, 0.15) is 0 Å². The SMILES string of the molecule is Cc1ccc2c(c1)CCc1cccnc1C2=C1CCN(C[C@@H]2CCCC[C@H]2CN2C(=O)C3C(C2=O)[C@H]2CC[C@@H]3C2)CC1. The first-order chi connectivity index (χ1) is 20.5. The minimum absolute atomic E-state index is 0.0181. The number of benzene rings is 1. The minimum atomic E-state index is 0.0181. The summed E-state index contributed by atoms with van der Waals surface area (Å²) in [7, 11) is 0. The molecule has 5 nitrogen and oxygen atoms in total. The van der Waals surface area contributed by atoms with Gasteiger partial charge in [0, 0.05) is 37.9 Å². The van der Waals surface area contributed by atoms with E-state index in [4.69, 9.17) is 4.98 Å². The Morgan fingerprint density at radius 2 is 1.50 bits per heavy atom. The Balaban J connectivity index is 0.980. The number of hydrogen-bond acceptors (Lipinski definition) is 4. The highest BCUT2D eigenvalue weighted by Crippen LogP contribution is 2.56. The third-order valence-electron chi connectivity index (χ3n) is 12.1. The van der Waals surface area contributed by atoms with E-state index >= 15 is 0 Å². The lowest BCUT2D eigenvalue weighted by Crippen LogP contribution is -2.43. The van der Waals surface area contributed by atoms with Crippen LogP contribution in [0.5, 0.6) is 0 Å². The van der Waals surface area contributed by atoms with Crippen molar-refractivity contribution in [2.45, 2.75) is 77.6 Å². The van der Waals surface area contributed by atoms with Crippen molar-refractivity contribution >= 4 is 17.4 Å². The van der Waals surface area contributed by atoms with Crippen LogP contribution in [0.1, 0.15) is 85.7 Å². The average molecular weight is 564 g/mol. The van der Waals surface area contributed by atoms with Crippen LogP contribution in [0.3, 0.4) is 0 Å². The monoisotopic (exact) mass is 563 g/mol. The lowest BCUT2D eigenvalue weighted by Gasteiger charge is -2.39. The molecule has 5 heteroatoms. The lowest BCUT2D eigenvalue weighted by atomic mass is 9.78. The first-order valence-electron chi connectivity index (χ1n) is 16.9. The maximum absolute atomic E-state index is 13.4. The quantitative estimate of drug-likeness (QED) is 0.414. The van der Waals surface area contributed by atoms with Crippen LogP contribution in [0.15, 0.2) is 42.1 Å². The van der Waals surface area contributed by atoms with E-state index in [0.29, 0.717) is 30.2 Å². The number of pyridine rings is 1. The molecule has 3 heterocycles. The summed E-state index contributed by atoms with van der Waals surface area (Å²) in [5, 5.41) is 0. The summed E-state index contributed by atoms with van der Waals surface area (Å²) in [6, 6.07) is 11.4. The number of likely N-dealkylation sites (tertiary alicyclic amines) is 2. The van der Waals surface area contributed by atoms with Crippen LogP contribution in [0.4, 0.5) is 0 Å². The molecule has 2 aliphatic heterocycles. The fourth-order valence-electron chi connectivity index (χ4n) is 10.0. The van der Waals surface area contributed by atoms with Crippen LogP contribution < -0.4 is 0 Å². The standard InChI is InChI=1S/C37H45N3O2/c1-23-8-13-31-26(19-23)10-9-25-7-4-16-38-35(25)32(31)24-14-17-39(18-15-24)21-29-5-2-3-6-30(29)22-40-36(41)33-27-11-12-28(20-27)34(33)37(40)42/h4,7-8,13,16,19,27-30,33-34H,2-3,5-6,9-12,14-15,17-18,20-22H2,1H3/t27-,28+,29-,30-,33?,34?/m0/s1. The molecule has 5 fully saturated rings. The van der Waals surface area contributed by atoms with E-state index in [2.05, 4.69) is 42.2 Å². The Morgan fingerprint density at radius 3 is 2.24 bits per heavy atom. The molecule has 8 rings (SSSR count). The maximum Gasteiger partial charge on any atom is 0.233 e. The second-order valence-corrected chi connectivity index (χ2v) is 14.4. The van der Waals surface area contributed by atoms with Crippen molar-refractivity contribution < 1.29 is 9.59 Å². The van der Waals surface area contributed by atoms with Crippen molar-refractivity contribution in [2.75, 3.05) is 26.2 Å². The molecule has 6 atom stereocenters. The van der Waals surface area contributed by atoms with E-state index < -0.39 is 0 Å². The second-order valence-electron chi connectivity index (χ2n) is 14.4. The van der Waals surface area contributed by atoms with Gasteiger partial charge in [-0.15, -0.1) is 0 Å². The zero-order valence-corrected chi connectivity index (χ0v) is 25.2. The van der Waals surface area contributed by atoms with Crippen LogP contribution in [0, 0.1) is 42.4 Å². The largest absolute Gasteiger partial charge is 0.302 e. The Bertz CT molecular complexity index is 1410. The van der Waals surface area contributed by atoms with Crippen LogP contribution in [-0.4, -0.2) is 52.8 Å². The zero-order valence-electron chi connectivity index (χ0n) is 25.2. The van der Waals surface area contributed by atoms with Crippen LogP contribution in [-0.2, 0) is 22.4 Å². The minimum Gasteiger partial charge on any atom is -0.302 e. The predicted octanol–water partition coefficient (Wildman–Crippen LogP) is 6.22. The van der Waals surface area contributed by atoms with E-state index in [1.54, 1.807) is 10.5 Å². The summed E-state index contributed by atoms with van der Waals surface area (Å²) in [4.78, 5) is 36.3. The summed E-state index contributed by atoms with van der Waals surface area (Å²) < 4.78 is 0. The topological polar surface area (TPSA) is 53.5 Å². The van der Waals surface area contributed by atoms with Gasteiger partial charge >= 0.3 is 0 Å². The fraction of sp³-hybridized carbons (Fsp3) is 0.595. The molecule has 0 N–H and O–H groups in total. The summed E-state index contributed by atoms with van der Waals surface area (Å²) in [5.74, 6) is 2.39. The van der Waals surface area contributed by atoms with E-state index in [1.165, 1.54) is 52.8 Å². The highest BCUT2D eigenvalue weighted by Gasteiger charge is 2.61. The molecule has 2 saturated heterocycles. The van der Waals surface area contributed by atoms with Gasteiger partial charge in [-0.1, -0.05) is 48.2 Å². The Hall–Kier alpha value is -2.79. The fourth-order valence-corrected chi connectivity index (χ4v) is 10.0. The second kappa shape index (κ2) is 10.7. The van der Waals surface area contributed by atoms with Crippen LogP contribution in [0.25, 0.3) is 5.57 Å². The molecule has 0 spiro atoms. The molecule has 220 valence electrons. The number of amides is 2. The molecule has 6 aliphatic rings. The number of piperidine rings is 1. The van der Waals surface area contributed by atoms with Gasteiger partial charge in [-0.05, 0) is 111 Å². The molecule has 1 aromatic carbocycles. The number of nitrogens with zero attached hydrogens (tertiary/aromatic N) is 3. The summed E-state index contributed by atoms with van der Waals surface area (Å²) >= 11 is 0. The molecule has 3 saturated carbocycles. The number of rotatable bonds is 4. The smallest absolute Gasteiger partial charge is 0.233 e. The van der Waals surface area contributed by atoms with Gasteiger partial charge < -0.3 is 4.90 Å². The first kappa shape index (κ1) is 26.8. The number of carbonyl (C=O) groups is 2. The molecular weight excluding hydrogens is 518 g/mol. The highest BCUT2D eigenvalue weighted by molar-refractivity contribution is 6.06. The van der Waals surface area contributed by atoms with Crippen molar-refractivity contribution in [3.05, 3.63) is 70.0 Å². The predicted molar refractivity (Wildman–Crippen MR) is 164 cm³/mol. The average Bonchev–Trinajstić information content (AvgIpc) is 3.66. The lowest BCUT2D eigenvalue weighted by molar-refractivity contribution is -0.142. The van der Waals surface area contributed by atoms with Crippen molar-refractivity contribution in [3.8, 4) is 0 Å². The Labute approximate surface area is 250 Å². The zero-order chi connectivity index (χ0) is 28.4. The van der Waals surface area contributed by atoms with E-state index in [-0.39, 0.29) is 23.7 Å². The van der Waals surface area contributed by atoms with Gasteiger partial charge in [0.2, 0.25) is 11.8 Å². The van der Waals surface area contributed by atoms with Crippen LogP contribution >= 0.6 is 0 Å². The van der Waals surface area contributed by atoms with Gasteiger partial charge in [-0.2, -0.15) is 0 Å². The normalized spacial score (nSPS) is 32.6. The van der Waals surface area contributed by atoms with Gasteiger partial charge in [-0.25, -0.2) is 0 Å². The van der Waals surface area contributed by atoms with Crippen LogP contribution in [0.2, 0.25) is 0 Å². The molecule has 1 aromatic heterocycles. The Morgan fingerprint density at radius 1 is 0.810 bits per heavy atom. The molecule has 2 unspecified atom stereocenters. The van der Waals surface area contributed by atoms with Crippen molar-refractivity contribution in [1.29, 1.82) is 0 Å². The highest BCUT2D eigenvalue weighted by atomic mass is 16.2. The van der Waals surface area contributed by atoms with Gasteiger partial charge in [0.15, 0.2) is 0 Å². The summed E-state index contributed by atoms with van der Waals surface area (Å²) in [6.45, 7) is 6.15. The molecule has 0 radical (unpaired) electrons. The van der Waals surface area contributed by atoms with E-state index in [1.807, 2.05) is 6.20 Å². The number of hydrogen-bond donors (Lipinski definition) is 0. The Kier molecular flexibility index (Phi) is 6.85. The van der Waals surface area contributed by atoms with Crippen molar-refractivity contribution in [3.63, 3.8) is 0 Å². The van der Waals surface area contributed by atoms with Gasteiger partial charge in [-0.3, -0.25) is 19.5 Å². The summed E-state index contributed by atoms with van der Waals surface area (Å²) in [6.07, 6.45) is 14.6. The molecule has 4 aliphatic carbocycles. The van der Waals surface area contributed by atoms with Crippen molar-refractivity contribution in [1.82, 2.24) is 14.8 Å². The third-order valence-corrected chi connectivity index (χ3v) is 12.1. The molecule has 42 heavy (non-hydrogen) atoms. The first-order valence-corrected chi connectivity index (χ1v) is 16.9. The molecule has 2 amide bonds. The number of carbonyl (C=O) groups excluding carboxylic acids is 2. The van der Waals surface area contributed by atoms with Gasteiger partial charge in [0.05, 0.1) is 17.5 Å². The van der Waals surface area contributed by atoms with Gasteiger partial charge in [0.25, 0.3) is 0 Å². The third kappa shape index (κ3) is 4.49. The number of aromatic nitrogens is 1. The summed E-state index contributed by atoms with van der Waals surface area (Å²) in [5.41, 5.74) is 9.74.